The maximum atomic E-state index is 4.68. The van der Waals surface area contributed by atoms with E-state index < -0.39 is 0 Å². The Hall–Kier alpha value is -1.67. The Balaban J connectivity index is 1.48. The topological polar surface area (TPSA) is 24.9 Å². The zero-order valence-electron chi connectivity index (χ0n) is 12.5. The number of hydrogen-bond acceptors (Lipinski definition) is 2. The normalized spacial score (nSPS) is 21.0. The minimum Gasteiger partial charge on any atom is -0.303 e. The SMILES string of the molecule is CC(NC1(C2CC2)CC1)c1ccc(-c2ccccc2)cn1. The molecule has 1 aromatic carbocycles. The fourth-order valence-electron chi connectivity index (χ4n) is 3.41. The number of nitrogens with zero attached hydrogens (tertiary/aromatic N) is 1. The Bertz CT molecular complexity index is 610. The summed E-state index contributed by atoms with van der Waals surface area (Å²) >= 11 is 0. The van der Waals surface area contributed by atoms with Gasteiger partial charge in [-0.2, -0.15) is 0 Å². The first-order valence-corrected chi connectivity index (χ1v) is 8.06. The van der Waals surface area contributed by atoms with Gasteiger partial charge in [0, 0.05) is 23.3 Å². The van der Waals surface area contributed by atoms with E-state index in [0.717, 1.165) is 11.6 Å². The summed E-state index contributed by atoms with van der Waals surface area (Å²) in [5, 5.41) is 3.84. The van der Waals surface area contributed by atoms with Gasteiger partial charge in [-0.3, -0.25) is 4.98 Å². The van der Waals surface area contributed by atoms with Crippen LogP contribution in [0.15, 0.2) is 48.7 Å². The maximum absolute atomic E-state index is 4.68. The van der Waals surface area contributed by atoms with E-state index in [4.69, 9.17) is 0 Å². The maximum Gasteiger partial charge on any atom is 0.0570 e. The lowest BCUT2D eigenvalue weighted by atomic mass is 10.1. The van der Waals surface area contributed by atoms with Crippen LogP contribution in [0.25, 0.3) is 11.1 Å². The van der Waals surface area contributed by atoms with Gasteiger partial charge >= 0.3 is 0 Å². The summed E-state index contributed by atoms with van der Waals surface area (Å²) in [4.78, 5) is 4.68. The molecular weight excluding hydrogens is 256 g/mol. The summed E-state index contributed by atoms with van der Waals surface area (Å²) < 4.78 is 0. The number of aromatic nitrogens is 1. The van der Waals surface area contributed by atoms with Crippen LogP contribution in [0.1, 0.15) is 44.3 Å². The van der Waals surface area contributed by atoms with Crippen LogP contribution < -0.4 is 5.32 Å². The molecule has 1 unspecified atom stereocenters. The Kier molecular flexibility index (Phi) is 3.07. The smallest absolute Gasteiger partial charge is 0.0570 e. The van der Waals surface area contributed by atoms with Crippen molar-refractivity contribution in [2.45, 2.75) is 44.2 Å². The fourth-order valence-corrected chi connectivity index (χ4v) is 3.41. The highest BCUT2D eigenvalue weighted by molar-refractivity contribution is 5.62. The molecule has 21 heavy (non-hydrogen) atoms. The van der Waals surface area contributed by atoms with Gasteiger partial charge in [-0.15, -0.1) is 0 Å². The molecule has 1 N–H and O–H groups in total. The van der Waals surface area contributed by atoms with Gasteiger partial charge in [0.05, 0.1) is 5.69 Å². The summed E-state index contributed by atoms with van der Waals surface area (Å²) in [5.74, 6) is 0.934. The zero-order valence-corrected chi connectivity index (χ0v) is 12.5. The minimum atomic E-state index is 0.345. The van der Waals surface area contributed by atoms with E-state index >= 15 is 0 Å². The second-order valence-corrected chi connectivity index (χ2v) is 6.63. The molecule has 1 aromatic heterocycles. The summed E-state index contributed by atoms with van der Waals surface area (Å²) in [7, 11) is 0. The van der Waals surface area contributed by atoms with Crippen molar-refractivity contribution in [3.63, 3.8) is 0 Å². The van der Waals surface area contributed by atoms with E-state index in [1.165, 1.54) is 36.8 Å². The molecule has 2 saturated carbocycles. The van der Waals surface area contributed by atoms with Crippen LogP contribution in [0.5, 0.6) is 0 Å². The molecule has 2 nitrogen and oxygen atoms in total. The Labute approximate surface area is 126 Å². The largest absolute Gasteiger partial charge is 0.303 e. The van der Waals surface area contributed by atoms with Crippen molar-refractivity contribution >= 4 is 0 Å². The number of nitrogens with one attached hydrogen (secondary N) is 1. The van der Waals surface area contributed by atoms with E-state index in [1.807, 2.05) is 12.3 Å². The first kappa shape index (κ1) is 13.0. The van der Waals surface area contributed by atoms with E-state index in [-0.39, 0.29) is 0 Å². The van der Waals surface area contributed by atoms with Gasteiger partial charge in [-0.1, -0.05) is 36.4 Å². The van der Waals surface area contributed by atoms with Crippen LogP contribution in [-0.2, 0) is 0 Å². The lowest BCUT2D eigenvalue weighted by molar-refractivity contribution is 0.392. The first-order valence-electron chi connectivity index (χ1n) is 8.06. The third-order valence-electron chi connectivity index (χ3n) is 4.99. The van der Waals surface area contributed by atoms with E-state index in [2.05, 4.69) is 53.6 Å². The molecule has 0 spiro atoms. The third kappa shape index (κ3) is 2.60. The zero-order chi connectivity index (χ0) is 14.3. The van der Waals surface area contributed by atoms with Gasteiger partial charge in [0.25, 0.3) is 0 Å². The quantitative estimate of drug-likeness (QED) is 0.880. The van der Waals surface area contributed by atoms with Gasteiger partial charge in [-0.25, -0.2) is 0 Å². The highest BCUT2D eigenvalue weighted by atomic mass is 15.1. The van der Waals surface area contributed by atoms with Crippen LogP contribution >= 0.6 is 0 Å². The molecule has 2 aromatic rings. The molecule has 108 valence electrons. The molecule has 0 bridgehead atoms. The molecule has 0 radical (unpaired) electrons. The highest BCUT2D eigenvalue weighted by Gasteiger charge is 2.54. The molecule has 1 heterocycles. The molecule has 4 rings (SSSR count). The lowest BCUT2D eigenvalue weighted by Gasteiger charge is -2.22. The predicted molar refractivity (Wildman–Crippen MR) is 85.9 cm³/mol. The monoisotopic (exact) mass is 278 g/mol. The standard InChI is InChI=1S/C19H22N2/c1-14(21-19(11-12-19)17-8-9-17)18-10-7-16(13-20-18)15-5-3-2-4-6-15/h2-7,10,13-14,17,21H,8-9,11-12H2,1H3. The molecular formula is C19H22N2. The minimum absolute atomic E-state index is 0.345. The summed E-state index contributed by atoms with van der Waals surface area (Å²) in [5.41, 5.74) is 4.03. The molecule has 2 fully saturated rings. The van der Waals surface area contributed by atoms with E-state index in [9.17, 15) is 0 Å². The first-order chi connectivity index (χ1) is 10.3. The number of pyridine rings is 1. The van der Waals surface area contributed by atoms with Crippen LogP contribution in [0, 0.1) is 5.92 Å². The highest BCUT2D eigenvalue weighted by Crippen LogP contribution is 2.54. The van der Waals surface area contributed by atoms with Crippen molar-refractivity contribution in [2.75, 3.05) is 0 Å². The van der Waals surface area contributed by atoms with Gasteiger partial charge in [0.1, 0.15) is 0 Å². The van der Waals surface area contributed by atoms with Crippen LogP contribution in [0.3, 0.4) is 0 Å². The number of rotatable bonds is 5. The van der Waals surface area contributed by atoms with Crippen molar-refractivity contribution in [1.82, 2.24) is 10.3 Å². The van der Waals surface area contributed by atoms with Gasteiger partial charge in [0.2, 0.25) is 0 Å². The molecule has 0 aliphatic heterocycles. The lowest BCUT2D eigenvalue weighted by Crippen LogP contribution is -2.35. The van der Waals surface area contributed by atoms with Crippen molar-refractivity contribution in [2.24, 2.45) is 5.92 Å². The van der Waals surface area contributed by atoms with Crippen molar-refractivity contribution in [3.8, 4) is 11.1 Å². The van der Waals surface area contributed by atoms with Crippen LogP contribution in [-0.4, -0.2) is 10.5 Å². The van der Waals surface area contributed by atoms with Crippen molar-refractivity contribution in [3.05, 3.63) is 54.4 Å². The molecule has 0 saturated heterocycles. The fraction of sp³-hybridized carbons (Fsp3) is 0.421. The second-order valence-electron chi connectivity index (χ2n) is 6.63. The van der Waals surface area contributed by atoms with E-state index in [1.54, 1.807) is 0 Å². The van der Waals surface area contributed by atoms with Crippen LogP contribution in [0.4, 0.5) is 0 Å². The number of hydrogen-bond donors (Lipinski definition) is 1. The molecule has 2 aliphatic carbocycles. The summed E-state index contributed by atoms with van der Waals surface area (Å²) in [6, 6.07) is 15.1. The molecule has 2 heteroatoms. The molecule has 0 amide bonds. The average molecular weight is 278 g/mol. The summed E-state index contributed by atoms with van der Waals surface area (Å²) in [6.07, 6.45) is 7.54. The Morgan fingerprint density at radius 3 is 2.38 bits per heavy atom. The number of benzene rings is 1. The average Bonchev–Trinajstić information content (AvgIpc) is 3.41. The van der Waals surface area contributed by atoms with Gasteiger partial charge in [-0.05, 0) is 50.2 Å². The van der Waals surface area contributed by atoms with E-state index in [0.29, 0.717) is 11.6 Å². The molecule has 1 atom stereocenters. The Morgan fingerprint density at radius 2 is 1.81 bits per heavy atom. The van der Waals surface area contributed by atoms with Crippen LogP contribution in [0.2, 0.25) is 0 Å². The van der Waals surface area contributed by atoms with Crippen molar-refractivity contribution in [1.29, 1.82) is 0 Å². The van der Waals surface area contributed by atoms with Gasteiger partial charge in [0.15, 0.2) is 0 Å². The predicted octanol–water partition coefficient (Wildman–Crippen LogP) is 4.34. The van der Waals surface area contributed by atoms with Crippen molar-refractivity contribution < 1.29 is 0 Å². The summed E-state index contributed by atoms with van der Waals surface area (Å²) in [6.45, 7) is 2.24. The second kappa shape index (κ2) is 4.96. The third-order valence-corrected chi connectivity index (χ3v) is 4.99. The van der Waals surface area contributed by atoms with Gasteiger partial charge < -0.3 is 5.32 Å². The Morgan fingerprint density at radius 1 is 1.05 bits per heavy atom. The molecule has 2 aliphatic rings.